The summed E-state index contributed by atoms with van der Waals surface area (Å²) < 4.78 is 88.9. The van der Waals surface area contributed by atoms with Crippen molar-refractivity contribution in [2.45, 2.75) is 84.3 Å². The second kappa shape index (κ2) is 9.46. The van der Waals surface area contributed by atoms with Crippen molar-refractivity contribution >= 4 is 11.9 Å². The van der Waals surface area contributed by atoms with Gasteiger partial charge >= 0.3 is 11.9 Å². The molecule has 0 aromatic heterocycles. The predicted molar refractivity (Wildman–Crippen MR) is 111 cm³/mol. The third-order valence-electron chi connectivity index (χ3n) is 6.19. The second-order valence-electron chi connectivity index (χ2n) is 8.36. The third-order valence-corrected chi connectivity index (χ3v) is 6.19. The van der Waals surface area contributed by atoms with Gasteiger partial charge in [0, 0.05) is 24.7 Å². The molecule has 0 radical (unpaired) electrons. The van der Waals surface area contributed by atoms with Gasteiger partial charge in [0.05, 0.1) is 18.4 Å². The fraction of sp³-hybridized carbons (Fsp3) is 0.750. The van der Waals surface area contributed by atoms with Crippen LogP contribution in [0, 0.1) is 29.6 Å². The van der Waals surface area contributed by atoms with Crippen molar-refractivity contribution in [2.75, 3.05) is 0 Å². The highest BCUT2D eigenvalue weighted by atomic mass is 16.5. The van der Waals surface area contributed by atoms with Crippen LogP contribution < -0.4 is 0 Å². The molecule has 1 saturated heterocycles. The normalized spacial score (nSPS) is 45.4. The van der Waals surface area contributed by atoms with E-state index in [1.54, 1.807) is 12.2 Å². The lowest BCUT2D eigenvalue weighted by Gasteiger charge is -2.43. The van der Waals surface area contributed by atoms with E-state index in [0.717, 1.165) is 6.92 Å². The maximum absolute atomic E-state index is 13.2. The van der Waals surface area contributed by atoms with Crippen LogP contribution in [-0.2, 0) is 19.1 Å². The van der Waals surface area contributed by atoms with E-state index in [1.807, 2.05) is 13.0 Å². The number of carbonyl (C=O) groups excluding carboxylic acids is 2. The fourth-order valence-electron chi connectivity index (χ4n) is 4.69. The van der Waals surface area contributed by atoms with Gasteiger partial charge in [0.25, 0.3) is 0 Å². The Morgan fingerprint density at radius 2 is 2.38 bits per heavy atom. The van der Waals surface area contributed by atoms with Crippen LogP contribution in [0.15, 0.2) is 23.8 Å². The summed E-state index contributed by atoms with van der Waals surface area (Å²) in [6.45, 7) is -2.87. The Morgan fingerprint density at radius 1 is 1.52 bits per heavy atom. The molecule has 5 nitrogen and oxygen atoms in total. The molecule has 162 valence electrons. The number of hydrogen-bond acceptors (Lipinski definition) is 5. The van der Waals surface area contributed by atoms with Crippen LogP contribution in [0.25, 0.3) is 0 Å². The lowest BCUT2D eigenvalue weighted by atomic mass is 9.65. The number of hydrogen-bond donors (Lipinski definition) is 1. The van der Waals surface area contributed by atoms with Gasteiger partial charge in [-0.3, -0.25) is 9.59 Å². The van der Waals surface area contributed by atoms with Crippen LogP contribution >= 0.6 is 0 Å². The van der Waals surface area contributed by atoms with Crippen molar-refractivity contribution < 1.29 is 36.5 Å². The van der Waals surface area contributed by atoms with Crippen molar-refractivity contribution in [1.82, 2.24) is 0 Å². The van der Waals surface area contributed by atoms with E-state index >= 15 is 0 Å². The number of allylic oxidation sites excluding steroid dienone is 3. The molecule has 29 heavy (non-hydrogen) atoms. The van der Waals surface area contributed by atoms with E-state index in [1.165, 1.54) is 0 Å². The molecular weight excluding hydrogens is 368 g/mol. The first-order valence-corrected chi connectivity index (χ1v) is 10.2. The molecule has 3 aliphatic rings. The van der Waals surface area contributed by atoms with Crippen molar-refractivity contribution in [2.24, 2.45) is 29.6 Å². The first-order chi connectivity index (χ1) is 17.8. The smallest absolute Gasteiger partial charge is 0.308 e. The number of aliphatic hydroxyl groups is 1. The summed E-state index contributed by atoms with van der Waals surface area (Å²) in [6.07, 6.45) is 1.23. The number of ether oxygens (including phenoxy) is 2. The number of carbonyl (C=O) groups is 2. The molecule has 2 aliphatic carbocycles. The molecule has 1 aliphatic heterocycles. The summed E-state index contributed by atoms with van der Waals surface area (Å²) in [5.74, 6) is -6.32. The molecule has 5 heteroatoms. The van der Waals surface area contributed by atoms with Crippen LogP contribution in [0.4, 0.5) is 0 Å². The zero-order valence-corrected chi connectivity index (χ0v) is 16.9. The molecule has 0 bridgehead atoms. The van der Waals surface area contributed by atoms with E-state index in [0.29, 0.717) is 24.8 Å². The van der Waals surface area contributed by atoms with Crippen LogP contribution in [0.3, 0.4) is 0 Å². The molecule has 0 aromatic rings. The van der Waals surface area contributed by atoms with Gasteiger partial charge in [0.15, 0.2) is 0 Å². The highest BCUT2D eigenvalue weighted by Crippen LogP contribution is 2.45. The number of esters is 2. The minimum absolute atomic E-state index is 0.00223. The minimum Gasteiger partial charge on any atom is -0.462 e. The zero-order valence-electron chi connectivity index (χ0n) is 26.9. The average molecular weight is 415 g/mol. The first kappa shape index (κ1) is 12.3. The van der Waals surface area contributed by atoms with Crippen LogP contribution in [-0.4, -0.2) is 36.8 Å². The summed E-state index contributed by atoms with van der Waals surface area (Å²) in [7, 11) is 0. The van der Waals surface area contributed by atoms with Gasteiger partial charge in [-0.1, -0.05) is 45.8 Å². The monoisotopic (exact) mass is 414 g/mol. The van der Waals surface area contributed by atoms with Gasteiger partial charge in [0.2, 0.25) is 1.43 Å². The number of fused-ring (bicyclic) bond motifs is 1. The van der Waals surface area contributed by atoms with E-state index in [2.05, 4.69) is 5.11 Å². The van der Waals surface area contributed by atoms with Crippen molar-refractivity contribution in [3.05, 3.63) is 23.8 Å². The number of rotatable bonds is 7. The molecule has 1 N–H and O–H groups in total. The Kier molecular flexibility index (Phi) is 4.01. The van der Waals surface area contributed by atoms with Crippen LogP contribution in [0.5, 0.6) is 0 Å². The summed E-state index contributed by atoms with van der Waals surface area (Å²) in [6, 6.07) is 0. The van der Waals surface area contributed by atoms with Crippen LogP contribution in [0.1, 0.15) is 78.4 Å². The SMILES string of the molecule is [2H]O[C@H]1CC(=O)OC(CC[C@@H]2[C@@H]3C(=C[C@H](C([2H])([2H])[2H])C[C@@H]3OC(=O)[C@@]([2H])(C)C([2H])([2H])C([2H])([2H])[2H])C=C[C@@H]2C)C1. The van der Waals surface area contributed by atoms with Gasteiger partial charge in [-0.2, -0.15) is 0 Å². The lowest BCUT2D eigenvalue weighted by molar-refractivity contribution is -0.162. The molecule has 1 unspecified atom stereocenters. The Labute approximate surface area is 188 Å². The highest BCUT2D eigenvalue weighted by Gasteiger charge is 2.42. The van der Waals surface area contributed by atoms with Crippen LogP contribution in [0.2, 0.25) is 0 Å². The van der Waals surface area contributed by atoms with E-state index in [4.69, 9.17) is 23.2 Å². The maximum atomic E-state index is 13.2. The van der Waals surface area contributed by atoms with E-state index in [9.17, 15) is 9.59 Å². The summed E-state index contributed by atoms with van der Waals surface area (Å²) >= 11 is 0. The maximum Gasteiger partial charge on any atom is 0.308 e. The highest BCUT2D eigenvalue weighted by molar-refractivity contribution is 5.72. The van der Waals surface area contributed by atoms with Crippen molar-refractivity contribution in [1.29, 1.82) is 1.43 Å². The van der Waals surface area contributed by atoms with Gasteiger partial charge in [0.1, 0.15) is 12.2 Å². The third kappa shape index (κ3) is 5.30. The van der Waals surface area contributed by atoms with Gasteiger partial charge in [-0.25, -0.2) is 0 Å². The van der Waals surface area contributed by atoms with Crippen molar-refractivity contribution in [3.63, 3.8) is 0 Å². The summed E-state index contributed by atoms with van der Waals surface area (Å²) in [5.41, 5.74) is 0.641. The van der Waals surface area contributed by atoms with Gasteiger partial charge < -0.3 is 14.6 Å². The molecular formula is C24H36O5. The van der Waals surface area contributed by atoms with Crippen molar-refractivity contribution in [3.8, 4) is 0 Å². The summed E-state index contributed by atoms with van der Waals surface area (Å²) in [4.78, 5) is 25.1. The Bertz CT molecular complexity index is 987. The van der Waals surface area contributed by atoms with E-state index < -0.39 is 68.1 Å². The molecule has 0 aromatic carbocycles. The number of aliphatic hydroxyl groups excluding tert-OH is 1. The minimum atomic E-state index is -3.27. The quantitative estimate of drug-likeness (QED) is 0.632. The first-order valence-electron chi connectivity index (χ1n) is 15.1. The second-order valence-corrected chi connectivity index (χ2v) is 8.36. The molecule has 1 fully saturated rings. The largest absolute Gasteiger partial charge is 0.462 e. The predicted octanol–water partition coefficient (Wildman–Crippen LogP) is 4.20. The Hall–Kier alpha value is -1.62. The summed E-state index contributed by atoms with van der Waals surface area (Å²) in [5, 5.41) is 4.61. The molecule has 3 rings (SSSR count). The Balaban J connectivity index is 1.90. The fourth-order valence-corrected chi connectivity index (χ4v) is 4.69. The average Bonchev–Trinajstić information content (AvgIpc) is 2.81. The molecule has 8 atom stereocenters. The zero-order chi connectivity index (χ0) is 29.6. The molecule has 0 amide bonds. The molecule has 0 saturated carbocycles. The van der Waals surface area contributed by atoms with Gasteiger partial charge in [-0.05, 0) is 49.0 Å². The van der Waals surface area contributed by atoms with Gasteiger partial charge in [-0.15, -0.1) is 0 Å². The molecule has 1 heterocycles. The van der Waals surface area contributed by atoms with E-state index in [-0.39, 0.29) is 24.7 Å². The standard InChI is InChI=1S/C24H36O5/c1-5-15(3)24(27)29-21-11-14(2)10-17-7-6-16(4)20(23(17)21)9-8-19-12-18(25)13-22(26)28-19/h6-7,10,14-16,18-21,23,25H,5,8-9,11-13H2,1-4H3/t14-,15-,16-,18+,19?,20-,21-,23-/m0/s1/i1D3,2D3,5D2,15D,25D. The lowest BCUT2D eigenvalue weighted by Crippen LogP contribution is -2.42. The Morgan fingerprint density at radius 3 is 3.14 bits per heavy atom. The molecule has 0 spiro atoms. The number of cyclic esters (lactones) is 1. The topological polar surface area (TPSA) is 72.8 Å².